The number of aromatic amines is 1. The number of H-pyrrole nitrogens is 1. The minimum Gasteiger partial charge on any atom is -0.323 e. The monoisotopic (exact) mass is 385 g/mol. The number of halogens is 2. The minimum absolute atomic E-state index is 0.0850. The number of aromatic nitrogens is 2. The zero-order valence-corrected chi connectivity index (χ0v) is 15.4. The fourth-order valence-electron chi connectivity index (χ4n) is 1.96. The van der Waals surface area contributed by atoms with Crippen LogP contribution in [0.4, 0.5) is 5.69 Å². The number of carbonyl (C=O) groups is 1. The van der Waals surface area contributed by atoms with Gasteiger partial charge >= 0.3 is 0 Å². The average molecular weight is 386 g/mol. The van der Waals surface area contributed by atoms with Crippen molar-refractivity contribution in [2.24, 2.45) is 0 Å². The molecule has 0 aliphatic carbocycles. The van der Waals surface area contributed by atoms with Crippen LogP contribution in [0.25, 0.3) is 0 Å². The Balaban J connectivity index is 1.99. The number of amides is 1. The van der Waals surface area contributed by atoms with Gasteiger partial charge in [-0.1, -0.05) is 54.4 Å². The smallest absolute Gasteiger partial charge is 0.251 e. The van der Waals surface area contributed by atoms with Gasteiger partial charge in [0.05, 0.1) is 21.5 Å². The summed E-state index contributed by atoms with van der Waals surface area (Å²) in [6, 6.07) is 6.48. The molecule has 1 amide bonds. The van der Waals surface area contributed by atoms with E-state index < -0.39 is 0 Å². The number of anilines is 1. The third kappa shape index (κ3) is 5.54. The summed E-state index contributed by atoms with van der Waals surface area (Å²) in [5.41, 5.74) is 0.899. The molecule has 0 aliphatic heterocycles. The van der Waals surface area contributed by atoms with Crippen LogP contribution in [-0.4, -0.2) is 21.6 Å². The fraction of sp³-hybridized carbons (Fsp3) is 0.312. The summed E-state index contributed by atoms with van der Waals surface area (Å²) in [5, 5.41) is 3.83. The Morgan fingerprint density at radius 2 is 2.04 bits per heavy atom. The van der Waals surface area contributed by atoms with Gasteiger partial charge in [0, 0.05) is 11.8 Å². The summed E-state index contributed by atoms with van der Waals surface area (Å²) in [4.78, 5) is 30.7. The fourth-order valence-corrected chi connectivity index (χ4v) is 3.15. The highest BCUT2D eigenvalue weighted by Crippen LogP contribution is 2.30. The van der Waals surface area contributed by atoms with Crippen molar-refractivity contribution in [3.63, 3.8) is 0 Å². The maximum atomic E-state index is 12.1. The Morgan fingerprint density at radius 1 is 1.33 bits per heavy atom. The molecule has 2 rings (SSSR count). The van der Waals surface area contributed by atoms with Gasteiger partial charge in [-0.2, -0.15) is 0 Å². The van der Waals surface area contributed by atoms with Gasteiger partial charge in [-0.15, -0.1) is 0 Å². The van der Waals surface area contributed by atoms with Crippen molar-refractivity contribution in [3.05, 3.63) is 50.4 Å². The third-order valence-corrected chi connectivity index (χ3v) is 4.63. The van der Waals surface area contributed by atoms with Crippen molar-refractivity contribution in [2.75, 3.05) is 11.1 Å². The highest BCUT2D eigenvalue weighted by molar-refractivity contribution is 7.99. The predicted octanol–water partition coefficient (Wildman–Crippen LogP) is 4.15. The second-order valence-electron chi connectivity index (χ2n) is 5.08. The van der Waals surface area contributed by atoms with Crippen molar-refractivity contribution in [1.82, 2.24) is 9.97 Å². The van der Waals surface area contributed by atoms with Crippen LogP contribution in [0.1, 0.15) is 25.5 Å². The number of hydrogen-bond acceptors (Lipinski definition) is 4. The normalized spacial score (nSPS) is 10.6. The van der Waals surface area contributed by atoms with Crippen molar-refractivity contribution in [3.8, 4) is 0 Å². The number of nitrogens with zero attached hydrogens (tertiary/aromatic N) is 1. The van der Waals surface area contributed by atoms with Crippen LogP contribution in [0.3, 0.4) is 0 Å². The van der Waals surface area contributed by atoms with Gasteiger partial charge in [-0.3, -0.25) is 9.59 Å². The molecular weight excluding hydrogens is 369 g/mol. The number of para-hydroxylation sites is 1. The van der Waals surface area contributed by atoms with Crippen molar-refractivity contribution in [1.29, 1.82) is 0 Å². The summed E-state index contributed by atoms with van der Waals surface area (Å²) < 4.78 is 0. The van der Waals surface area contributed by atoms with Gasteiger partial charge in [-0.25, -0.2) is 4.98 Å². The molecule has 0 atom stereocenters. The second kappa shape index (κ2) is 9.11. The maximum Gasteiger partial charge on any atom is 0.251 e. The van der Waals surface area contributed by atoms with Gasteiger partial charge in [0.1, 0.15) is 0 Å². The van der Waals surface area contributed by atoms with Gasteiger partial charge < -0.3 is 10.3 Å². The van der Waals surface area contributed by atoms with E-state index in [1.165, 1.54) is 6.07 Å². The number of carbonyl (C=O) groups excluding carboxylic acids is 1. The molecule has 0 bridgehead atoms. The van der Waals surface area contributed by atoms with Gasteiger partial charge in [0.25, 0.3) is 5.56 Å². The lowest BCUT2D eigenvalue weighted by molar-refractivity contribution is -0.113. The first-order valence-electron chi connectivity index (χ1n) is 7.46. The number of nitrogens with one attached hydrogen (secondary N) is 2. The molecule has 24 heavy (non-hydrogen) atoms. The van der Waals surface area contributed by atoms with E-state index in [0.717, 1.165) is 36.7 Å². The molecule has 0 fully saturated rings. The number of aryl methyl sites for hydroxylation is 1. The Bertz CT molecular complexity index is 760. The van der Waals surface area contributed by atoms with Crippen LogP contribution in [0.5, 0.6) is 0 Å². The van der Waals surface area contributed by atoms with E-state index in [1.807, 2.05) is 0 Å². The largest absolute Gasteiger partial charge is 0.323 e. The van der Waals surface area contributed by atoms with Crippen LogP contribution in [0.15, 0.2) is 34.2 Å². The molecule has 0 saturated carbocycles. The van der Waals surface area contributed by atoms with Crippen LogP contribution in [0, 0.1) is 0 Å². The second-order valence-corrected chi connectivity index (χ2v) is 6.86. The number of hydrogen-bond donors (Lipinski definition) is 2. The number of unbranched alkanes of at least 4 members (excludes halogenated alkanes) is 1. The van der Waals surface area contributed by atoms with Gasteiger partial charge in [-0.05, 0) is 25.0 Å². The topological polar surface area (TPSA) is 74.8 Å². The first kappa shape index (κ1) is 18.8. The quantitative estimate of drug-likeness (QED) is 0.554. The molecule has 0 saturated heterocycles. The Labute approximate surface area is 154 Å². The average Bonchev–Trinajstić information content (AvgIpc) is 2.54. The highest BCUT2D eigenvalue weighted by Gasteiger charge is 2.11. The lowest BCUT2D eigenvalue weighted by Crippen LogP contribution is -2.16. The van der Waals surface area contributed by atoms with E-state index in [9.17, 15) is 9.59 Å². The minimum atomic E-state index is -0.281. The molecule has 0 radical (unpaired) electrons. The molecular formula is C16H17Cl2N3O2S. The van der Waals surface area contributed by atoms with Crippen LogP contribution < -0.4 is 10.9 Å². The van der Waals surface area contributed by atoms with E-state index in [4.69, 9.17) is 23.2 Å². The summed E-state index contributed by atoms with van der Waals surface area (Å²) >= 11 is 13.2. The Hall–Kier alpha value is -1.50. The highest BCUT2D eigenvalue weighted by atomic mass is 35.5. The molecule has 2 N–H and O–H groups in total. The molecule has 0 unspecified atom stereocenters. The van der Waals surface area contributed by atoms with Crippen LogP contribution in [-0.2, 0) is 11.2 Å². The zero-order valence-electron chi connectivity index (χ0n) is 13.1. The zero-order chi connectivity index (χ0) is 17.5. The lowest BCUT2D eigenvalue weighted by atomic mass is 10.2. The van der Waals surface area contributed by atoms with E-state index in [2.05, 4.69) is 22.2 Å². The van der Waals surface area contributed by atoms with Crippen LogP contribution in [0.2, 0.25) is 10.0 Å². The Kier molecular flexibility index (Phi) is 7.15. The van der Waals surface area contributed by atoms with Crippen molar-refractivity contribution < 1.29 is 4.79 Å². The predicted molar refractivity (Wildman–Crippen MR) is 99.3 cm³/mol. The molecule has 8 heteroatoms. The summed E-state index contributed by atoms with van der Waals surface area (Å²) in [6.45, 7) is 2.08. The van der Waals surface area contributed by atoms with Gasteiger partial charge in [0.15, 0.2) is 5.16 Å². The molecule has 2 aromatic rings. The molecule has 0 spiro atoms. The van der Waals surface area contributed by atoms with Crippen molar-refractivity contribution >= 4 is 46.6 Å². The lowest BCUT2D eigenvalue weighted by Gasteiger charge is -2.09. The van der Waals surface area contributed by atoms with Crippen molar-refractivity contribution in [2.45, 2.75) is 31.3 Å². The summed E-state index contributed by atoms with van der Waals surface area (Å²) in [6.07, 6.45) is 2.74. The molecule has 1 aromatic carbocycles. The summed E-state index contributed by atoms with van der Waals surface area (Å²) in [7, 11) is 0. The standard InChI is InChI=1S/C16H17Cl2N3O2S/c1-2-3-5-10-8-13(22)21-16(19-10)24-9-14(23)20-15-11(17)6-4-7-12(15)18/h4,6-8H,2-3,5,9H2,1H3,(H,20,23)(H,19,21,22). The Morgan fingerprint density at radius 3 is 2.71 bits per heavy atom. The third-order valence-electron chi connectivity index (χ3n) is 3.13. The molecule has 0 aliphatic rings. The molecule has 5 nitrogen and oxygen atoms in total. The first-order valence-corrected chi connectivity index (χ1v) is 9.20. The first-order chi connectivity index (χ1) is 11.5. The van der Waals surface area contributed by atoms with E-state index >= 15 is 0 Å². The number of rotatable bonds is 7. The summed E-state index contributed by atoms with van der Waals surface area (Å²) in [5.74, 6) is -0.196. The van der Waals surface area contributed by atoms with Crippen LogP contribution >= 0.6 is 35.0 Å². The van der Waals surface area contributed by atoms with Gasteiger partial charge in [0.2, 0.25) is 5.91 Å². The van der Waals surface area contributed by atoms with E-state index in [1.54, 1.807) is 18.2 Å². The maximum absolute atomic E-state index is 12.1. The van der Waals surface area contributed by atoms with E-state index in [-0.39, 0.29) is 17.2 Å². The number of thioether (sulfide) groups is 1. The SMILES string of the molecule is CCCCc1cc(=O)[nH]c(SCC(=O)Nc2c(Cl)cccc2Cl)n1. The number of benzene rings is 1. The molecule has 1 aromatic heterocycles. The molecule has 128 valence electrons. The van der Waals surface area contributed by atoms with E-state index in [0.29, 0.717) is 20.9 Å². The molecule has 1 heterocycles.